The summed E-state index contributed by atoms with van der Waals surface area (Å²) >= 11 is 0. The fourth-order valence-corrected chi connectivity index (χ4v) is 4.23. The lowest BCUT2D eigenvalue weighted by Crippen LogP contribution is -2.38. The molecule has 37 heavy (non-hydrogen) atoms. The van der Waals surface area contributed by atoms with Crippen molar-refractivity contribution in [3.63, 3.8) is 0 Å². The van der Waals surface area contributed by atoms with Gasteiger partial charge in [-0.3, -0.25) is 14.5 Å². The van der Waals surface area contributed by atoms with Crippen LogP contribution in [-0.4, -0.2) is 71.1 Å². The molecule has 5 rings (SSSR count). The van der Waals surface area contributed by atoms with Crippen LogP contribution in [0.2, 0.25) is 0 Å². The molecule has 4 N–H and O–H groups in total. The van der Waals surface area contributed by atoms with Gasteiger partial charge in [0.1, 0.15) is 12.1 Å². The SMILES string of the molecule is O=C(C=CC(=O)Nc1ccc2ncnc(Nc3ccc4cc[nH]c4c3)c2c1)NCCCN1CCOCC1. The highest BCUT2D eigenvalue weighted by Gasteiger charge is 2.10. The number of ether oxygens (including phenoxy) is 1. The molecule has 2 amide bonds. The Labute approximate surface area is 214 Å². The van der Waals surface area contributed by atoms with Crippen LogP contribution in [0.3, 0.4) is 0 Å². The van der Waals surface area contributed by atoms with E-state index in [-0.39, 0.29) is 5.91 Å². The number of carbonyl (C=O) groups excluding carboxylic acids is 2. The molecule has 10 nitrogen and oxygen atoms in total. The Hall–Kier alpha value is -4.28. The highest BCUT2D eigenvalue weighted by atomic mass is 16.5. The molecule has 4 aromatic rings. The minimum atomic E-state index is -0.397. The van der Waals surface area contributed by atoms with E-state index in [0.29, 0.717) is 18.1 Å². The van der Waals surface area contributed by atoms with Crippen LogP contribution >= 0.6 is 0 Å². The summed E-state index contributed by atoms with van der Waals surface area (Å²) in [6, 6.07) is 13.4. The average Bonchev–Trinajstić information content (AvgIpc) is 3.39. The largest absolute Gasteiger partial charge is 0.379 e. The molecule has 0 bridgehead atoms. The molecule has 2 aromatic carbocycles. The van der Waals surface area contributed by atoms with E-state index in [1.54, 1.807) is 6.07 Å². The number of amides is 2. The van der Waals surface area contributed by atoms with Gasteiger partial charge in [-0.15, -0.1) is 0 Å². The Morgan fingerprint density at radius 3 is 2.73 bits per heavy atom. The summed E-state index contributed by atoms with van der Waals surface area (Å²) in [5, 5.41) is 10.8. The predicted molar refractivity (Wildman–Crippen MR) is 144 cm³/mol. The van der Waals surface area contributed by atoms with Crippen molar-refractivity contribution in [2.45, 2.75) is 6.42 Å². The summed E-state index contributed by atoms with van der Waals surface area (Å²) in [6.07, 6.45) is 6.72. The molecule has 2 aromatic heterocycles. The van der Waals surface area contributed by atoms with Gasteiger partial charge in [0, 0.05) is 60.3 Å². The maximum absolute atomic E-state index is 12.4. The van der Waals surface area contributed by atoms with Gasteiger partial charge in [-0.25, -0.2) is 9.97 Å². The first-order valence-electron chi connectivity index (χ1n) is 12.3. The second-order valence-corrected chi connectivity index (χ2v) is 8.78. The third kappa shape index (κ3) is 6.49. The molecule has 0 saturated carbocycles. The average molecular weight is 500 g/mol. The van der Waals surface area contributed by atoms with Crippen LogP contribution in [0, 0.1) is 0 Å². The molecule has 0 atom stereocenters. The number of anilines is 3. The summed E-state index contributed by atoms with van der Waals surface area (Å²) in [6.45, 7) is 4.84. The number of H-pyrrole nitrogens is 1. The minimum Gasteiger partial charge on any atom is -0.379 e. The molecule has 10 heteroatoms. The summed E-state index contributed by atoms with van der Waals surface area (Å²) in [7, 11) is 0. The van der Waals surface area contributed by atoms with E-state index >= 15 is 0 Å². The monoisotopic (exact) mass is 499 g/mol. The number of carbonyl (C=O) groups is 2. The molecule has 0 radical (unpaired) electrons. The van der Waals surface area contributed by atoms with Crippen molar-refractivity contribution in [2.24, 2.45) is 0 Å². The van der Waals surface area contributed by atoms with Crippen LogP contribution in [0.1, 0.15) is 6.42 Å². The molecule has 0 spiro atoms. The van der Waals surface area contributed by atoms with Crippen LogP contribution < -0.4 is 16.0 Å². The first-order chi connectivity index (χ1) is 18.1. The number of hydrogen-bond donors (Lipinski definition) is 4. The molecule has 190 valence electrons. The van der Waals surface area contributed by atoms with Crippen LogP contribution in [0.15, 0.2) is 67.1 Å². The van der Waals surface area contributed by atoms with Gasteiger partial charge < -0.3 is 25.7 Å². The molecule has 3 heterocycles. The van der Waals surface area contributed by atoms with E-state index < -0.39 is 5.91 Å². The van der Waals surface area contributed by atoms with E-state index in [2.05, 4.69) is 35.8 Å². The Bertz CT molecular complexity index is 1430. The van der Waals surface area contributed by atoms with Gasteiger partial charge in [-0.1, -0.05) is 6.07 Å². The Kier molecular flexibility index (Phi) is 7.68. The number of aromatic amines is 1. The number of fused-ring (bicyclic) bond motifs is 2. The zero-order valence-corrected chi connectivity index (χ0v) is 20.4. The summed E-state index contributed by atoms with van der Waals surface area (Å²) in [5.41, 5.74) is 3.21. The molecule has 1 aliphatic heterocycles. The Morgan fingerprint density at radius 2 is 1.84 bits per heavy atom. The standard InChI is InChI=1S/C27H29N7O3/c35-25(29-9-1-11-34-12-14-37-15-13-34)6-7-26(36)32-20-4-5-23-22(16-20)27(31-18-30-23)33-21-3-2-19-8-10-28-24(19)17-21/h2-8,10,16-18,28H,1,9,11-15H2,(H,29,35)(H,32,36)(H,30,31,33). The zero-order valence-electron chi connectivity index (χ0n) is 20.4. The van der Waals surface area contributed by atoms with Crippen LogP contribution in [-0.2, 0) is 14.3 Å². The highest BCUT2D eigenvalue weighted by Crippen LogP contribution is 2.27. The van der Waals surface area contributed by atoms with Crippen molar-refractivity contribution < 1.29 is 14.3 Å². The fourth-order valence-electron chi connectivity index (χ4n) is 4.23. The van der Waals surface area contributed by atoms with Gasteiger partial charge in [-0.2, -0.15) is 0 Å². The van der Waals surface area contributed by atoms with Gasteiger partial charge >= 0.3 is 0 Å². The lowest BCUT2D eigenvalue weighted by Gasteiger charge is -2.26. The topological polar surface area (TPSA) is 124 Å². The highest BCUT2D eigenvalue weighted by molar-refractivity contribution is 6.05. The lowest BCUT2D eigenvalue weighted by atomic mass is 10.2. The fraction of sp³-hybridized carbons (Fsp3) is 0.259. The first kappa shape index (κ1) is 24.4. The number of nitrogens with zero attached hydrogens (tertiary/aromatic N) is 3. The van der Waals surface area contributed by atoms with Crippen LogP contribution in [0.5, 0.6) is 0 Å². The summed E-state index contributed by atoms with van der Waals surface area (Å²) in [5.74, 6) is -0.0695. The van der Waals surface area contributed by atoms with Gasteiger partial charge in [0.05, 0.1) is 18.7 Å². The first-order valence-corrected chi connectivity index (χ1v) is 12.3. The number of benzene rings is 2. The van der Waals surface area contributed by atoms with Crippen LogP contribution in [0.25, 0.3) is 21.8 Å². The van der Waals surface area contributed by atoms with Gasteiger partial charge in [0.25, 0.3) is 0 Å². The quantitative estimate of drug-likeness (QED) is 0.206. The molecule has 0 unspecified atom stereocenters. The van der Waals surface area contributed by atoms with E-state index in [1.165, 1.54) is 18.5 Å². The van der Waals surface area contributed by atoms with Crippen molar-refractivity contribution in [3.8, 4) is 0 Å². The minimum absolute atomic E-state index is 0.297. The van der Waals surface area contributed by atoms with E-state index in [9.17, 15) is 9.59 Å². The summed E-state index contributed by atoms with van der Waals surface area (Å²) < 4.78 is 5.33. The van der Waals surface area contributed by atoms with E-state index in [0.717, 1.165) is 66.8 Å². The van der Waals surface area contributed by atoms with E-state index in [1.807, 2.05) is 42.6 Å². The zero-order chi connectivity index (χ0) is 25.5. The second kappa shape index (κ2) is 11.6. The lowest BCUT2D eigenvalue weighted by molar-refractivity contribution is -0.117. The van der Waals surface area contributed by atoms with Crippen molar-refractivity contribution in [1.29, 1.82) is 0 Å². The normalized spacial score (nSPS) is 14.3. The number of morpholine rings is 1. The molecule has 1 aliphatic rings. The number of aromatic nitrogens is 3. The Morgan fingerprint density at radius 1 is 1.00 bits per heavy atom. The maximum atomic E-state index is 12.4. The molecule has 1 fully saturated rings. The van der Waals surface area contributed by atoms with Gasteiger partial charge in [0.15, 0.2) is 0 Å². The smallest absolute Gasteiger partial charge is 0.248 e. The second-order valence-electron chi connectivity index (χ2n) is 8.78. The third-order valence-corrected chi connectivity index (χ3v) is 6.16. The van der Waals surface area contributed by atoms with Gasteiger partial charge in [-0.05, 0) is 54.8 Å². The number of rotatable bonds is 9. The van der Waals surface area contributed by atoms with Crippen molar-refractivity contribution >= 4 is 50.8 Å². The van der Waals surface area contributed by atoms with Crippen LogP contribution in [0.4, 0.5) is 17.2 Å². The summed E-state index contributed by atoms with van der Waals surface area (Å²) in [4.78, 5) is 38.7. The molecule has 1 saturated heterocycles. The Balaban J connectivity index is 1.16. The third-order valence-electron chi connectivity index (χ3n) is 6.16. The number of nitrogens with one attached hydrogen (secondary N) is 4. The molecular weight excluding hydrogens is 470 g/mol. The molecular formula is C27H29N7O3. The number of hydrogen-bond acceptors (Lipinski definition) is 7. The van der Waals surface area contributed by atoms with E-state index in [4.69, 9.17) is 4.74 Å². The predicted octanol–water partition coefficient (Wildman–Crippen LogP) is 3.19. The molecule has 0 aliphatic carbocycles. The van der Waals surface area contributed by atoms with Crippen molar-refractivity contribution in [3.05, 3.63) is 67.1 Å². The van der Waals surface area contributed by atoms with Crippen molar-refractivity contribution in [1.82, 2.24) is 25.2 Å². The maximum Gasteiger partial charge on any atom is 0.248 e. The van der Waals surface area contributed by atoms with Crippen molar-refractivity contribution in [2.75, 3.05) is 50.0 Å². The van der Waals surface area contributed by atoms with Gasteiger partial charge in [0.2, 0.25) is 11.8 Å².